The van der Waals surface area contributed by atoms with Crippen LogP contribution >= 0.6 is 18.5 Å². The van der Waals surface area contributed by atoms with Crippen molar-refractivity contribution >= 4 is 56.3 Å². The minimum Gasteiger partial charge on any atom is -0.497 e. The highest BCUT2D eigenvalue weighted by Gasteiger charge is 2.45. The lowest BCUT2D eigenvalue weighted by atomic mass is 9.84. The first-order valence-corrected chi connectivity index (χ1v) is 17.5. The number of nitrogens with zero attached hydrogens (tertiary/aromatic N) is 2. The summed E-state index contributed by atoms with van der Waals surface area (Å²) in [6, 6.07) is 12.8. The van der Waals surface area contributed by atoms with Crippen molar-refractivity contribution in [2.45, 2.75) is 51.5 Å². The lowest BCUT2D eigenvalue weighted by Gasteiger charge is -2.26. The third-order valence-corrected chi connectivity index (χ3v) is 11.5. The van der Waals surface area contributed by atoms with Crippen molar-refractivity contribution in [1.82, 2.24) is 4.57 Å². The van der Waals surface area contributed by atoms with E-state index in [0.717, 1.165) is 28.2 Å². The number of amides is 1. The molecule has 0 radical (unpaired) electrons. The van der Waals surface area contributed by atoms with E-state index >= 15 is 0 Å². The molecule has 1 amide bonds. The van der Waals surface area contributed by atoms with Crippen molar-refractivity contribution in [3.05, 3.63) is 81.3 Å². The maximum absolute atomic E-state index is 14.3. The Labute approximate surface area is 257 Å². The molecule has 8 nitrogen and oxygen atoms in total. The van der Waals surface area contributed by atoms with Gasteiger partial charge in [0, 0.05) is 36.7 Å². The highest BCUT2D eigenvalue weighted by molar-refractivity contribution is 7.91. The van der Waals surface area contributed by atoms with E-state index in [2.05, 4.69) is 25.4 Å². The van der Waals surface area contributed by atoms with Crippen LogP contribution in [0.25, 0.3) is 0 Å². The molecule has 43 heavy (non-hydrogen) atoms. The molecule has 2 saturated heterocycles. The quantitative estimate of drug-likeness (QED) is 0.276. The number of hydrogen-bond donors (Lipinski definition) is 0. The topological polar surface area (TPSA) is 103 Å². The van der Waals surface area contributed by atoms with Crippen LogP contribution in [0, 0.1) is 12.8 Å². The number of ketones is 1. The molecule has 2 unspecified atom stereocenters. The minimum absolute atomic E-state index is 0.00622. The van der Waals surface area contributed by atoms with E-state index in [9.17, 15) is 22.8 Å². The fraction of sp³-hybridized carbons (Fsp3) is 0.406. The molecule has 11 heteroatoms. The first kappa shape index (κ1) is 31.6. The number of anilines is 1. The average molecular weight is 641 g/mol. The summed E-state index contributed by atoms with van der Waals surface area (Å²) >= 11 is 0. The summed E-state index contributed by atoms with van der Waals surface area (Å²) in [5, 5.41) is 1.72. The van der Waals surface area contributed by atoms with Gasteiger partial charge < -0.3 is 14.2 Å². The smallest absolute Gasteiger partial charge is 0.275 e. The predicted octanol–water partition coefficient (Wildman–Crippen LogP) is 3.50. The van der Waals surface area contributed by atoms with E-state index in [-0.39, 0.29) is 59.4 Å². The van der Waals surface area contributed by atoms with Gasteiger partial charge in [-0.1, -0.05) is 31.2 Å². The van der Waals surface area contributed by atoms with Crippen LogP contribution in [-0.2, 0) is 21.1 Å². The number of benzene rings is 2. The fourth-order valence-electron chi connectivity index (χ4n) is 6.37. The summed E-state index contributed by atoms with van der Waals surface area (Å²) in [5.41, 5.74) is 3.23. The number of sulfone groups is 1. The number of rotatable bonds is 8. The van der Waals surface area contributed by atoms with Gasteiger partial charge in [0.1, 0.15) is 21.3 Å². The summed E-state index contributed by atoms with van der Waals surface area (Å²) in [6.45, 7) is 4.09. The number of carbonyl (C=O) groups is 2. The maximum Gasteiger partial charge on any atom is 0.275 e. The van der Waals surface area contributed by atoms with Gasteiger partial charge in [0.2, 0.25) is 5.91 Å². The second-order valence-corrected chi connectivity index (χ2v) is 15.0. The van der Waals surface area contributed by atoms with E-state index in [1.807, 2.05) is 42.5 Å². The van der Waals surface area contributed by atoms with Crippen molar-refractivity contribution in [1.29, 1.82) is 0 Å². The number of methoxy groups -OCH3 is 1. The molecular weight excluding hydrogens is 602 g/mol. The third-order valence-electron chi connectivity index (χ3n) is 8.84. The standard InChI is InChI=1S/C32H38N2O6P2S/c1-4-20-5-7-21(8-6-20)26(35)17-24-25(29-27(41)15-23(40-3)16-28(29)42)18-34(31(24)36)30-19(2)9-12-33(32(30)37)22-10-13-43(38,39)14-11-22/h5-9,12,15-16,22,24-25H,4,10-11,13-14,17-18,41-42H2,1-3H3/t24-,25+/m0/s1. The summed E-state index contributed by atoms with van der Waals surface area (Å²) in [6.07, 6.45) is 3.28. The van der Waals surface area contributed by atoms with Crippen LogP contribution in [0.3, 0.4) is 0 Å². The number of hydrogen-bond acceptors (Lipinski definition) is 6. The minimum atomic E-state index is -3.10. The predicted molar refractivity (Wildman–Crippen MR) is 177 cm³/mol. The van der Waals surface area contributed by atoms with Gasteiger partial charge in [-0.3, -0.25) is 14.4 Å². The number of aromatic nitrogens is 1. The number of pyridine rings is 1. The molecule has 0 saturated carbocycles. The summed E-state index contributed by atoms with van der Waals surface area (Å²) < 4.78 is 31.1. The molecule has 2 aliphatic heterocycles. The lowest BCUT2D eigenvalue weighted by Crippen LogP contribution is -2.38. The van der Waals surface area contributed by atoms with Crippen molar-refractivity contribution in [3.8, 4) is 5.75 Å². The van der Waals surface area contributed by atoms with Crippen LogP contribution in [0.4, 0.5) is 5.69 Å². The van der Waals surface area contributed by atoms with Crippen LogP contribution < -0.4 is 25.8 Å². The van der Waals surface area contributed by atoms with Crippen LogP contribution in [0.15, 0.2) is 53.5 Å². The maximum atomic E-state index is 14.3. The van der Waals surface area contributed by atoms with Gasteiger partial charge in [-0.15, -0.1) is 18.5 Å². The molecule has 3 heterocycles. The van der Waals surface area contributed by atoms with Crippen LogP contribution in [0.2, 0.25) is 0 Å². The zero-order valence-electron chi connectivity index (χ0n) is 24.7. The summed E-state index contributed by atoms with van der Waals surface area (Å²) in [4.78, 5) is 43.4. The second kappa shape index (κ2) is 12.6. The van der Waals surface area contributed by atoms with E-state index in [1.54, 1.807) is 29.7 Å². The van der Waals surface area contributed by atoms with Crippen molar-refractivity contribution in [3.63, 3.8) is 0 Å². The van der Waals surface area contributed by atoms with Gasteiger partial charge in [-0.2, -0.15) is 0 Å². The molecule has 2 aromatic carbocycles. The zero-order chi connectivity index (χ0) is 31.1. The highest BCUT2D eigenvalue weighted by Crippen LogP contribution is 2.39. The summed E-state index contributed by atoms with van der Waals surface area (Å²) in [7, 11) is 3.96. The van der Waals surface area contributed by atoms with E-state index in [0.29, 0.717) is 29.7 Å². The first-order valence-electron chi connectivity index (χ1n) is 14.5. The van der Waals surface area contributed by atoms with Gasteiger partial charge in [0.15, 0.2) is 5.78 Å². The monoisotopic (exact) mass is 640 g/mol. The number of aryl methyl sites for hydroxylation is 2. The molecule has 3 aromatic rings. The number of carbonyl (C=O) groups excluding carboxylic acids is 2. The van der Waals surface area contributed by atoms with Crippen LogP contribution in [-0.4, -0.2) is 49.8 Å². The Morgan fingerprint density at radius 2 is 1.65 bits per heavy atom. The van der Waals surface area contributed by atoms with E-state index in [1.165, 1.54) is 0 Å². The van der Waals surface area contributed by atoms with Gasteiger partial charge in [-0.05, 0) is 71.7 Å². The Balaban J connectivity index is 1.55. The Hall–Kier alpha value is -2.86. The largest absolute Gasteiger partial charge is 0.497 e. The van der Waals surface area contributed by atoms with Crippen molar-refractivity contribution < 1.29 is 22.7 Å². The molecule has 1 aromatic heterocycles. The Morgan fingerprint density at radius 3 is 2.23 bits per heavy atom. The Morgan fingerprint density at radius 1 is 1.02 bits per heavy atom. The van der Waals surface area contributed by atoms with Crippen molar-refractivity contribution in [2.24, 2.45) is 5.92 Å². The molecule has 0 bridgehead atoms. The third kappa shape index (κ3) is 6.36. The molecular formula is C32H38N2O6P2S. The van der Waals surface area contributed by atoms with Gasteiger partial charge in [0.05, 0.1) is 24.5 Å². The molecule has 228 valence electrons. The average Bonchev–Trinajstić information content (AvgIpc) is 3.27. The molecule has 2 fully saturated rings. The van der Waals surface area contributed by atoms with E-state index in [4.69, 9.17) is 4.74 Å². The van der Waals surface area contributed by atoms with E-state index < -0.39 is 15.8 Å². The fourth-order valence-corrected chi connectivity index (χ4v) is 9.09. The van der Waals surface area contributed by atoms with Crippen molar-refractivity contribution in [2.75, 3.05) is 30.1 Å². The Bertz CT molecular complexity index is 1700. The normalized spacial score (nSPS) is 20.4. The SMILES string of the molecule is CCc1ccc(C(=O)C[C@@H]2C(=O)N(c3c(C)ccn(C4CCS(=O)(=O)CC4)c3=O)C[C@H]2c2c(P)cc(OC)cc2P)cc1. The molecule has 2 aliphatic rings. The van der Waals surface area contributed by atoms with Crippen LogP contribution in [0.1, 0.15) is 65.2 Å². The zero-order valence-corrected chi connectivity index (χ0v) is 27.8. The first-order chi connectivity index (χ1) is 20.4. The van der Waals surface area contributed by atoms with Gasteiger partial charge >= 0.3 is 0 Å². The van der Waals surface area contributed by atoms with Gasteiger partial charge in [-0.25, -0.2) is 8.42 Å². The second-order valence-electron chi connectivity index (χ2n) is 11.5. The Kier molecular flexibility index (Phi) is 9.27. The van der Waals surface area contributed by atoms with Crippen LogP contribution in [0.5, 0.6) is 5.75 Å². The highest BCUT2D eigenvalue weighted by atomic mass is 32.2. The number of ether oxygens (including phenoxy) is 1. The molecule has 0 aliphatic carbocycles. The molecule has 0 N–H and O–H groups in total. The number of Topliss-reactive ketones (excluding diaryl/α,β-unsaturated/α-hetero) is 1. The van der Waals surface area contributed by atoms with Gasteiger partial charge in [0.25, 0.3) is 5.56 Å². The molecule has 4 atom stereocenters. The molecule has 0 spiro atoms. The lowest BCUT2D eigenvalue weighted by molar-refractivity contribution is -0.120. The molecule has 5 rings (SSSR count). The summed E-state index contributed by atoms with van der Waals surface area (Å²) in [5.74, 6) is -0.679.